The lowest BCUT2D eigenvalue weighted by Gasteiger charge is -2.18. The van der Waals surface area contributed by atoms with Gasteiger partial charge in [-0.15, -0.1) is 0 Å². The Morgan fingerprint density at radius 3 is 2.64 bits per heavy atom. The zero-order valence-corrected chi connectivity index (χ0v) is 12.5. The summed E-state index contributed by atoms with van der Waals surface area (Å²) in [6, 6.07) is 15.9. The van der Waals surface area contributed by atoms with Crippen LogP contribution in [-0.2, 0) is 17.8 Å². The van der Waals surface area contributed by atoms with Gasteiger partial charge in [0.1, 0.15) is 0 Å². The van der Waals surface area contributed by atoms with Crippen LogP contribution in [0.2, 0.25) is 0 Å². The SMILES string of the molecule is CC(=O)Nc1ccc(CN[C@H]2c3ccccc3C[C@H]2O)cc1. The maximum Gasteiger partial charge on any atom is 0.221 e. The van der Waals surface area contributed by atoms with Crippen LogP contribution in [0.3, 0.4) is 0 Å². The summed E-state index contributed by atoms with van der Waals surface area (Å²) >= 11 is 0. The van der Waals surface area contributed by atoms with Crippen molar-refractivity contribution in [1.29, 1.82) is 0 Å². The third kappa shape index (κ3) is 3.18. The fourth-order valence-corrected chi connectivity index (χ4v) is 2.96. The Balaban J connectivity index is 1.64. The number of amides is 1. The van der Waals surface area contributed by atoms with Crippen LogP contribution in [0.4, 0.5) is 5.69 Å². The molecule has 0 radical (unpaired) electrons. The van der Waals surface area contributed by atoms with Crippen LogP contribution < -0.4 is 10.6 Å². The van der Waals surface area contributed by atoms with E-state index < -0.39 is 0 Å². The minimum atomic E-state index is -0.379. The lowest BCUT2D eigenvalue weighted by atomic mass is 10.1. The van der Waals surface area contributed by atoms with E-state index in [0.717, 1.165) is 11.3 Å². The molecule has 1 aliphatic carbocycles. The van der Waals surface area contributed by atoms with E-state index in [9.17, 15) is 9.90 Å². The fourth-order valence-electron chi connectivity index (χ4n) is 2.96. The van der Waals surface area contributed by atoms with Crippen molar-refractivity contribution < 1.29 is 9.90 Å². The fraction of sp³-hybridized carbons (Fsp3) is 0.278. The number of aliphatic hydroxyl groups is 1. The molecule has 3 N–H and O–H groups in total. The molecule has 3 rings (SSSR count). The predicted octanol–water partition coefficient (Wildman–Crippen LogP) is 2.39. The van der Waals surface area contributed by atoms with Gasteiger partial charge in [0.2, 0.25) is 5.91 Å². The van der Waals surface area contributed by atoms with E-state index in [-0.39, 0.29) is 18.1 Å². The first-order chi connectivity index (χ1) is 10.6. The van der Waals surface area contributed by atoms with Crippen molar-refractivity contribution in [3.63, 3.8) is 0 Å². The van der Waals surface area contributed by atoms with Gasteiger partial charge in [0.05, 0.1) is 12.1 Å². The van der Waals surface area contributed by atoms with Gasteiger partial charge in [-0.1, -0.05) is 36.4 Å². The number of rotatable bonds is 4. The molecule has 114 valence electrons. The van der Waals surface area contributed by atoms with Crippen LogP contribution in [0.1, 0.15) is 29.7 Å². The average molecular weight is 296 g/mol. The number of hydrogen-bond donors (Lipinski definition) is 3. The Morgan fingerprint density at radius 2 is 1.91 bits per heavy atom. The van der Waals surface area contributed by atoms with Crippen molar-refractivity contribution in [3.8, 4) is 0 Å². The highest BCUT2D eigenvalue weighted by atomic mass is 16.3. The Hall–Kier alpha value is -2.17. The quantitative estimate of drug-likeness (QED) is 0.812. The largest absolute Gasteiger partial charge is 0.391 e. The third-order valence-electron chi connectivity index (χ3n) is 4.00. The standard InChI is InChI=1S/C18H20N2O2/c1-12(21)20-15-8-6-13(7-9-15)11-19-18-16-5-3-2-4-14(16)10-17(18)22/h2-9,17-19,22H,10-11H2,1H3,(H,20,21)/t17-,18+/m1/s1. The summed E-state index contributed by atoms with van der Waals surface area (Å²) in [5.74, 6) is -0.0726. The molecule has 2 aromatic rings. The van der Waals surface area contributed by atoms with Gasteiger partial charge in [-0.3, -0.25) is 4.79 Å². The maximum atomic E-state index is 11.0. The van der Waals surface area contributed by atoms with E-state index in [0.29, 0.717) is 13.0 Å². The first kappa shape index (κ1) is 14.8. The molecule has 0 unspecified atom stereocenters. The lowest BCUT2D eigenvalue weighted by molar-refractivity contribution is -0.114. The molecule has 0 aliphatic heterocycles. The maximum absolute atomic E-state index is 11.0. The van der Waals surface area contributed by atoms with Crippen molar-refractivity contribution in [2.45, 2.75) is 32.0 Å². The topological polar surface area (TPSA) is 61.4 Å². The van der Waals surface area contributed by atoms with Gasteiger partial charge in [0.15, 0.2) is 0 Å². The minimum absolute atomic E-state index is 0.0220. The zero-order chi connectivity index (χ0) is 15.5. The Labute approximate surface area is 130 Å². The first-order valence-electron chi connectivity index (χ1n) is 7.49. The number of carbonyl (C=O) groups is 1. The molecule has 2 atom stereocenters. The van der Waals surface area contributed by atoms with E-state index in [1.807, 2.05) is 36.4 Å². The first-order valence-corrected chi connectivity index (χ1v) is 7.49. The second-order valence-corrected chi connectivity index (χ2v) is 5.71. The van der Waals surface area contributed by atoms with Crippen molar-refractivity contribution in [3.05, 3.63) is 65.2 Å². The van der Waals surface area contributed by atoms with E-state index in [1.165, 1.54) is 18.1 Å². The highest BCUT2D eigenvalue weighted by molar-refractivity contribution is 5.88. The van der Waals surface area contributed by atoms with E-state index >= 15 is 0 Å². The monoisotopic (exact) mass is 296 g/mol. The lowest BCUT2D eigenvalue weighted by Crippen LogP contribution is -2.28. The normalized spacial score (nSPS) is 19.7. The van der Waals surface area contributed by atoms with Crippen LogP contribution in [-0.4, -0.2) is 17.1 Å². The van der Waals surface area contributed by atoms with Crippen LogP contribution >= 0.6 is 0 Å². The van der Waals surface area contributed by atoms with Crippen LogP contribution in [0.25, 0.3) is 0 Å². The highest BCUT2D eigenvalue weighted by Crippen LogP contribution is 2.31. The van der Waals surface area contributed by atoms with E-state index in [1.54, 1.807) is 0 Å². The zero-order valence-electron chi connectivity index (χ0n) is 12.5. The molecule has 4 heteroatoms. The van der Waals surface area contributed by atoms with Crippen molar-refractivity contribution in [1.82, 2.24) is 5.32 Å². The van der Waals surface area contributed by atoms with Gasteiger partial charge in [0, 0.05) is 25.6 Å². The summed E-state index contributed by atoms with van der Waals surface area (Å²) in [7, 11) is 0. The Bertz CT molecular complexity index is 667. The van der Waals surface area contributed by atoms with Crippen LogP contribution in [0.5, 0.6) is 0 Å². The van der Waals surface area contributed by atoms with Crippen molar-refractivity contribution in [2.75, 3.05) is 5.32 Å². The number of aliphatic hydroxyl groups excluding tert-OH is 1. The van der Waals surface area contributed by atoms with Gasteiger partial charge in [-0.05, 0) is 28.8 Å². The van der Waals surface area contributed by atoms with E-state index in [2.05, 4.69) is 22.8 Å². The average Bonchev–Trinajstić information content (AvgIpc) is 2.81. The number of hydrogen-bond acceptors (Lipinski definition) is 3. The third-order valence-corrected chi connectivity index (χ3v) is 4.00. The molecule has 4 nitrogen and oxygen atoms in total. The number of fused-ring (bicyclic) bond motifs is 1. The molecule has 1 aliphatic rings. The van der Waals surface area contributed by atoms with E-state index in [4.69, 9.17) is 0 Å². The molecule has 0 spiro atoms. The summed E-state index contributed by atoms with van der Waals surface area (Å²) in [6.45, 7) is 2.17. The minimum Gasteiger partial charge on any atom is -0.391 e. The second-order valence-electron chi connectivity index (χ2n) is 5.71. The summed E-state index contributed by atoms with van der Waals surface area (Å²) in [5, 5.41) is 16.4. The molecular formula is C18H20N2O2. The van der Waals surface area contributed by atoms with Crippen LogP contribution in [0, 0.1) is 0 Å². The molecule has 0 bridgehead atoms. The van der Waals surface area contributed by atoms with Crippen molar-refractivity contribution >= 4 is 11.6 Å². The molecule has 0 aromatic heterocycles. The molecule has 1 amide bonds. The molecular weight excluding hydrogens is 276 g/mol. The number of benzene rings is 2. The van der Waals surface area contributed by atoms with Crippen LogP contribution in [0.15, 0.2) is 48.5 Å². The van der Waals surface area contributed by atoms with Crippen molar-refractivity contribution in [2.24, 2.45) is 0 Å². The Kier molecular flexibility index (Phi) is 4.22. The summed E-state index contributed by atoms with van der Waals surface area (Å²) in [4.78, 5) is 11.0. The highest BCUT2D eigenvalue weighted by Gasteiger charge is 2.29. The summed E-state index contributed by atoms with van der Waals surface area (Å²) in [5.41, 5.74) is 4.31. The van der Waals surface area contributed by atoms with Gasteiger partial charge in [-0.2, -0.15) is 0 Å². The summed E-state index contributed by atoms with van der Waals surface area (Å²) in [6.07, 6.45) is 0.325. The van der Waals surface area contributed by atoms with Gasteiger partial charge in [0.25, 0.3) is 0 Å². The van der Waals surface area contributed by atoms with Gasteiger partial charge >= 0.3 is 0 Å². The molecule has 2 aromatic carbocycles. The summed E-state index contributed by atoms with van der Waals surface area (Å²) < 4.78 is 0. The number of nitrogens with one attached hydrogen (secondary N) is 2. The molecule has 0 saturated carbocycles. The number of anilines is 1. The molecule has 0 saturated heterocycles. The Morgan fingerprint density at radius 1 is 1.18 bits per heavy atom. The molecule has 0 fully saturated rings. The second kappa shape index (κ2) is 6.30. The molecule has 0 heterocycles. The molecule has 22 heavy (non-hydrogen) atoms. The smallest absolute Gasteiger partial charge is 0.221 e. The van der Waals surface area contributed by atoms with Gasteiger partial charge in [-0.25, -0.2) is 0 Å². The predicted molar refractivity (Wildman–Crippen MR) is 86.5 cm³/mol. The number of carbonyl (C=O) groups excluding carboxylic acids is 1. The van der Waals surface area contributed by atoms with Gasteiger partial charge < -0.3 is 15.7 Å².